The molecule has 2 aromatic carbocycles. The van der Waals surface area contributed by atoms with Crippen LogP contribution in [0.1, 0.15) is 63.9 Å². The predicted octanol–water partition coefficient (Wildman–Crippen LogP) is 7.37. The lowest BCUT2D eigenvalue weighted by Crippen LogP contribution is -2.02. The van der Waals surface area contributed by atoms with E-state index < -0.39 is 0 Å². The van der Waals surface area contributed by atoms with Crippen LogP contribution in [0, 0.1) is 0 Å². The molecule has 1 aromatic heterocycles. The molecule has 3 nitrogen and oxygen atoms in total. The molecule has 0 spiro atoms. The van der Waals surface area contributed by atoms with Gasteiger partial charge in [0, 0.05) is 23.8 Å². The Morgan fingerprint density at radius 3 is 2.48 bits per heavy atom. The van der Waals surface area contributed by atoms with Crippen LogP contribution < -0.4 is 10.1 Å². The molecular weight excluding hydrogens is 356 g/mol. The van der Waals surface area contributed by atoms with E-state index in [4.69, 9.17) is 4.74 Å². The van der Waals surface area contributed by atoms with Crippen LogP contribution in [0.2, 0.25) is 0 Å². The van der Waals surface area contributed by atoms with Crippen LogP contribution in [0.4, 0.5) is 5.69 Å². The highest BCUT2D eigenvalue weighted by atomic mass is 16.5. The first-order chi connectivity index (χ1) is 14.4. The topological polar surface area (TPSA) is 34.1 Å². The van der Waals surface area contributed by atoms with Crippen molar-refractivity contribution in [2.75, 3.05) is 11.9 Å². The molecule has 3 aromatic rings. The zero-order valence-corrected chi connectivity index (χ0v) is 17.7. The smallest absolute Gasteiger partial charge is 0.119 e. The first-order valence-corrected chi connectivity index (χ1v) is 11.2. The molecule has 0 amide bonds. The lowest BCUT2D eigenvalue weighted by molar-refractivity contribution is 0.304. The van der Waals surface area contributed by atoms with E-state index in [-0.39, 0.29) is 0 Å². The lowest BCUT2D eigenvalue weighted by Gasteiger charge is -2.11. The minimum absolute atomic E-state index is 0.767. The highest BCUT2D eigenvalue weighted by Crippen LogP contribution is 2.22. The number of benzene rings is 2. The molecule has 0 fully saturated rings. The number of nitrogens with zero attached hydrogens (tertiary/aromatic N) is 1. The molecule has 0 aliphatic rings. The summed E-state index contributed by atoms with van der Waals surface area (Å²) in [4.78, 5) is 4.42. The number of pyridine rings is 1. The number of ether oxygens (including phenoxy) is 1. The molecule has 0 aliphatic carbocycles. The van der Waals surface area contributed by atoms with Gasteiger partial charge in [-0.2, -0.15) is 0 Å². The Balaban J connectivity index is 1.40. The fourth-order valence-corrected chi connectivity index (χ4v) is 3.62. The molecular formula is C26H34N2O. The van der Waals surface area contributed by atoms with Crippen molar-refractivity contribution in [1.82, 2.24) is 4.98 Å². The van der Waals surface area contributed by atoms with Crippen LogP contribution >= 0.6 is 0 Å². The van der Waals surface area contributed by atoms with Crippen molar-refractivity contribution >= 4 is 16.6 Å². The van der Waals surface area contributed by atoms with E-state index in [0.29, 0.717) is 0 Å². The molecule has 0 atom stereocenters. The van der Waals surface area contributed by atoms with Gasteiger partial charge in [-0.05, 0) is 36.2 Å². The summed E-state index contributed by atoms with van der Waals surface area (Å²) in [7, 11) is 0. The second kappa shape index (κ2) is 12.1. The van der Waals surface area contributed by atoms with E-state index >= 15 is 0 Å². The van der Waals surface area contributed by atoms with E-state index in [2.05, 4.69) is 53.6 Å². The molecule has 1 heterocycles. The number of unbranched alkanes of at least 4 members (excludes halogenated alkanes) is 7. The zero-order valence-electron chi connectivity index (χ0n) is 17.7. The van der Waals surface area contributed by atoms with Crippen LogP contribution in [-0.2, 0) is 6.54 Å². The van der Waals surface area contributed by atoms with E-state index in [9.17, 15) is 0 Å². The number of aromatic nitrogens is 1. The Kier molecular flexibility index (Phi) is 8.84. The summed E-state index contributed by atoms with van der Waals surface area (Å²) >= 11 is 0. The molecule has 0 saturated heterocycles. The van der Waals surface area contributed by atoms with Gasteiger partial charge >= 0.3 is 0 Å². The van der Waals surface area contributed by atoms with Gasteiger partial charge in [0.25, 0.3) is 0 Å². The summed E-state index contributed by atoms with van der Waals surface area (Å²) < 4.78 is 5.98. The fraction of sp³-hybridized carbons (Fsp3) is 0.423. The predicted molar refractivity (Wildman–Crippen MR) is 124 cm³/mol. The number of hydrogen-bond donors (Lipinski definition) is 1. The van der Waals surface area contributed by atoms with Gasteiger partial charge in [-0.15, -0.1) is 0 Å². The lowest BCUT2D eigenvalue weighted by atomic mass is 10.1. The van der Waals surface area contributed by atoms with Crippen molar-refractivity contribution in [2.45, 2.75) is 64.8 Å². The van der Waals surface area contributed by atoms with Gasteiger partial charge in [0.1, 0.15) is 5.75 Å². The second-order valence-corrected chi connectivity index (χ2v) is 7.70. The van der Waals surface area contributed by atoms with E-state index in [0.717, 1.165) is 41.9 Å². The summed E-state index contributed by atoms with van der Waals surface area (Å²) in [6.45, 7) is 3.84. The van der Waals surface area contributed by atoms with Gasteiger partial charge in [0.15, 0.2) is 0 Å². The summed E-state index contributed by atoms with van der Waals surface area (Å²) in [6, 6.07) is 18.7. The maximum atomic E-state index is 5.98. The van der Waals surface area contributed by atoms with Crippen molar-refractivity contribution in [1.29, 1.82) is 0 Å². The summed E-state index contributed by atoms with van der Waals surface area (Å²) in [5, 5.41) is 4.69. The Labute approximate surface area is 175 Å². The molecule has 0 radical (unpaired) electrons. The maximum Gasteiger partial charge on any atom is 0.119 e. The Hall–Kier alpha value is -2.55. The van der Waals surface area contributed by atoms with Crippen LogP contribution in [0.5, 0.6) is 5.75 Å². The third kappa shape index (κ3) is 7.08. The van der Waals surface area contributed by atoms with Gasteiger partial charge in [0.05, 0.1) is 12.1 Å². The SMILES string of the molecule is CCCCCCCCCCOc1cccc(CNc2ccnc3ccccc23)c1. The number of nitrogens with one attached hydrogen (secondary N) is 1. The molecule has 3 rings (SSSR count). The number of fused-ring (bicyclic) bond motifs is 1. The first-order valence-electron chi connectivity index (χ1n) is 11.2. The van der Waals surface area contributed by atoms with E-state index in [1.165, 1.54) is 50.5 Å². The second-order valence-electron chi connectivity index (χ2n) is 7.70. The molecule has 3 heteroatoms. The van der Waals surface area contributed by atoms with E-state index in [1.807, 2.05) is 24.4 Å². The van der Waals surface area contributed by atoms with Crippen LogP contribution in [0.25, 0.3) is 10.9 Å². The van der Waals surface area contributed by atoms with E-state index in [1.54, 1.807) is 0 Å². The monoisotopic (exact) mass is 390 g/mol. The quantitative estimate of drug-likeness (QED) is 0.309. The van der Waals surface area contributed by atoms with Gasteiger partial charge in [0.2, 0.25) is 0 Å². The van der Waals surface area contributed by atoms with Gasteiger partial charge in [-0.25, -0.2) is 0 Å². The van der Waals surface area contributed by atoms with Crippen molar-refractivity contribution < 1.29 is 4.74 Å². The Morgan fingerprint density at radius 2 is 1.62 bits per heavy atom. The molecule has 154 valence electrons. The maximum absolute atomic E-state index is 5.98. The number of hydrogen-bond acceptors (Lipinski definition) is 3. The van der Waals surface area contributed by atoms with Crippen LogP contribution in [0.3, 0.4) is 0 Å². The Morgan fingerprint density at radius 1 is 0.828 bits per heavy atom. The standard InChI is InChI=1S/C26H34N2O/c1-2-3-4-5-6-7-8-11-19-29-23-14-12-13-22(20-23)21-28-26-17-18-27-25-16-10-9-15-24(25)26/h9-10,12-18,20H,2-8,11,19,21H2,1H3,(H,27,28). The minimum Gasteiger partial charge on any atom is -0.494 e. The molecule has 0 saturated carbocycles. The first kappa shape index (κ1) is 21.2. The molecule has 0 bridgehead atoms. The van der Waals surface area contributed by atoms with Gasteiger partial charge < -0.3 is 10.1 Å². The zero-order chi connectivity index (χ0) is 20.2. The largest absolute Gasteiger partial charge is 0.494 e. The van der Waals surface area contributed by atoms with Crippen molar-refractivity contribution in [3.63, 3.8) is 0 Å². The molecule has 29 heavy (non-hydrogen) atoms. The summed E-state index contributed by atoms with van der Waals surface area (Å²) in [6.07, 6.45) is 12.4. The average molecular weight is 391 g/mol. The number of para-hydroxylation sites is 1. The highest BCUT2D eigenvalue weighted by Gasteiger charge is 2.02. The summed E-state index contributed by atoms with van der Waals surface area (Å²) in [5.74, 6) is 0.965. The third-order valence-corrected chi connectivity index (χ3v) is 5.30. The van der Waals surface area contributed by atoms with Crippen molar-refractivity contribution in [3.05, 3.63) is 66.4 Å². The van der Waals surface area contributed by atoms with Crippen LogP contribution in [0.15, 0.2) is 60.8 Å². The summed E-state index contributed by atoms with van der Waals surface area (Å²) in [5.41, 5.74) is 3.35. The third-order valence-electron chi connectivity index (χ3n) is 5.30. The van der Waals surface area contributed by atoms with Gasteiger partial charge in [-0.1, -0.05) is 82.2 Å². The van der Waals surface area contributed by atoms with Gasteiger partial charge in [-0.3, -0.25) is 4.98 Å². The average Bonchev–Trinajstić information content (AvgIpc) is 2.77. The minimum atomic E-state index is 0.767. The molecule has 0 aliphatic heterocycles. The molecule has 0 unspecified atom stereocenters. The number of rotatable bonds is 13. The van der Waals surface area contributed by atoms with Crippen molar-refractivity contribution in [2.24, 2.45) is 0 Å². The fourth-order valence-electron chi connectivity index (χ4n) is 3.62. The van der Waals surface area contributed by atoms with Crippen LogP contribution in [-0.4, -0.2) is 11.6 Å². The number of anilines is 1. The van der Waals surface area contributed by atoms with Crippen molar-refractivity contribution in [3.8, 4) is 5.75 Å². The Bertz CT molecular complexity index is 857. The highest BCUT2D eigenvalue weighted by molar-refractivity contribution is 5.90. The normalized spacial score (nSPS) is 10.9. The molecule has 1 N–H and O–H groups in total.